The topological polar surface area (TPSA) is 72.4 Å². The molecule has 2 heterocycles. The van der Waals surface area contributed by atoms with Crippen LogP contribution in [0.3, 0.4) is 0 Å². The van der Waals surface area contributed by atoms with Crippen molar-refractivity contribution < 1.29 is 13.7 Å². The number of rotatable bonds is 3. The molecule has 0 radical (unpaired) electrons. The van der Waals surface area contributed by atoms with E-state index in [0.29, 0.717) is 17.5 Å². The van der Waals surface area contributed by atoms with Crippen LogP contribution in [0.1, 0.15) is 33.6 Å². The number of hydrogen-bond donors (Lipinski definition) is 0. The molecule has 0 bridgehead atoms. The summed E-state index contributed by atoms with van der Waals surface area (Å²) in [6.45, 7) is 6.16. The van der Waals surface area contributed by atoms with Crippen LogP contribution in [0, 0.1) is 0 Å². The zero-order valence-corrected chi connectivity index (χ0v) is 13.4. The van der Waals surface area contributed by atoms with E-state index in [0.717, 1.165) is 12.8 Å². The number of hydrogen-bond acceptors (Lipinski definition) is 5. The van der Waals surface area contributed by atoms with Gasteiger partial charge in [0.25, 0.3) is 0 Å². The van der Waals surface area contributed by atoms with Crippen LogP contribution in [0.25, 0.3) is 0 Å². The van der Waals surface area contributed by atoms with E-state index < -0.39 is 16.4 Å². The Morgan fingerprint density at radius 1 is 1.43 bits per heavy atom. The van der Waals surface area contributed by atoms with E-state index in [-0.39, 0.29) is 12.1 Å². The maximum atomic E-state index is 12.3. The second kappa shape index (κ2) is 6.51. The number of nitrogens with zero attached hydrogens (tertiary/aromatic N) is 3. The van der Waals surface area contributed by atoms with E-state index in [4.69, 9.17) is 4.74 Å². The molecule has 21 heavy (non-hydrogen) atoms. The van der Waals surface area contributed by atoms with Gasteiger partial charge in [0.05, 0.1) is 16.6 Å². The Balaban J connectivity index is 1.99. The molecule has 7 heteroatoms. The summed E-state index contributed by atoms with van der Waals surface area (Å²) in [5, 5.41) is 0.313. The number of carbonyl (C=O) groups is 1. The molecule has 6 nitrogen and oxygen atoms in total. The van der Waals surface area contributed by atoms with Crippen molar-refractivity contribution in [2.75, 3.05) is 12.3 Å². The van der Waals surface area contributed by atoms with Crippen molar-refractivity contribution in [1.29, 1.82) is 0 Å². The zero-order chi connectivity index (χ0) is 15.5. The number of aromatic nitrogens is 2. The Kier molecular flexibility index (Phi) is 4.92. The van der Waals surface area contributed by atoms with Gasteiger partial charge in [0.2, 0.25) is 5.16 Å². The highest BCUT2D eigenvalue weighted by atomic mass is 32.2. The van der Waals surface area contributed by atoms with Crippen molar-refractivity contribution in [3.8, 4) is 0 Å². The van der Waals surface area contributed by atoms with Gasteiger partial charge in [-0.1, -0.05) is 0 Å². The number of carbonyl (C=O) groups excluding carboxylic acids is 1. The van der Waals surface area contributed by atoms with Crippen LogP contribution < -0.4 is 0 Å². The van der Waals surface area contributed by atoms with Crippen molar-refractivity contribution in [2.24, 2.45) is 0 Å². The molecule has 0 N–H and O–H groups in total. The molecule has 1 saturated heterocycles. The van der Waals surface area contributed by atoms with E-state index in [9.17, 15) is 9.00 Å². The first-order valence-corrected chi connectivity index (χ1v) is 8.34. The molecule has 116 valence electrons. The lowest BCUT2D eigenvalue weighted by Crippen LogP contribution is -2.42. The first-order valence-electron chi connectivity index (χ1n) is 7.02. The third-order valence-corrected chi connectivity index (χ3v) is 4.40. The predicted molar refractivity (Wildman–Crippen MR) is 79.3 cm³/mol. The third-order valence-electron chi connectivity index (χ3n) is 3.09. The molecular formula is C14H21N3O3S. The van der Waals surface area contributed by atoms with Crippen LogP contribution in [-0.4, -0.2) is 49.1 Å². The van der Waals surface area contributed by atoms with Crippen LogP contribution >= 0.6 is 0 Å². The normalized spacial score (nSPS) is 20.3. The second-order valence-electron chi connectivity index (χ2n) is 6.01. The minimum atomic E-state index is -1.31. The fourth-order valence-corrected chi connectivity index (χ4v) is 3.42. The van der Waals surface area contributed by atoms with Crippen LogP contribution in [0.15, 0.2) is 23.6 Å². The molecule has 0 saturated carbocycles. The lowest BCUT2D eigenvalue weighted by Gasteiger charge is -2.28. The van der Waals surface area contributed by atoms with Gasteiger partial charge < -0.3 is 9.64 Å². The van der Waals surface area contributed by atoms with Crippen molar-refractivity contribution >= 4 is 16.9 Å². The van der Waals surface area contributed by atoms with Gasteiger partial charge in [-0.25, -0.2) is 14.8 Å². The molecule has 1 amide bonds. The van der Waals surface area contributed by atoms with Gasteiger partial charge in [-0.05, 0) is 39.7 Å². The first kappa shape index (κ1) is 15.9. The largest absolute Gasteiger partial charge is 0.444 e. The van der Waals surface area contributed by atoms with Crippen molar-refractivity contribution in [2.45, 2.75) is 50.4 Å². The van der Waals surface area contributed by atoms with Crippen molar-refractivity contribution in [1.82, 2.24) is 14.9 Å². The Bertz CT molecular complexity index is 516. The fourth-order valence-electron chi connectivity index (χ4n) is 2.22. The average Bonchev–Trinajstić information content (AvgIpc) is 2.86. The molecule has 1 fully saturated rings. The molecule has 1 aliphatic rings. The summed E-state index contributed by atoms with van der Waals surface area (Å²) in [5.74, 6) is 0.350. The molecule has 1 aliphatic heterocycles. The molecule has 0 aliphatic carbocycles. The lowest BCUT2D eigenvalue weighted by molar-refractivity contribution is 0.0241. The van der Waals surface area contributed by atoms with Crippen molar-refractivity contribution in [3.05, 3.63) is 18.5 Å². The maximum Gasteiger partial charge on any atom is 0.410 e. The molecule has 0 aromatic carbocycles. The van der Waals surface area contributed by atoms with E-state index in [1.165, 1.54) is 0 Å². The molecular weight excluding hydrogens is 290 g/mol. The standard InChI is InChI=1S/C14H21N3O3S/c1-14(2,3)20-13(18)17-9-4-6-11(17)10-21(19)12-15-7-5-8-16-12/h5,7-8,11H,4,6,9-10H2,1-3H3/t11-,21+/m0/s1. The Hall–Kier alpha value is -1.50. The minimum Gasteiger partial charge on any atom is -0.444 e. The molecule has 1 aromatic heterocycles. The van der Waals surface area contributed by atoms with Gasteiger partial charge in [0.1, 0.15) is 5.60 Å². The highest BCUT2D eigenvalue weighted by Crippen LogP contribution is 2.22. The second-order valence-corrected chi connectivity index (χ2v) is 7.40. The molecule has 2 rings (SSSR count). The summed E-state index contributed by atoms with van der Waals surface area (Å²) in [5.41, 5.74) is -0.522. The summed E-state index contributed by atoms with van der Waals surface area (Å²) in [4.78, 5) is 21.8. The van der Waals surface area contributed by atoms with Gasteiger partial charge >= 0.3 is 6.09 Å². The summed E-state index contributed by atoms with van der Waals surface area (Å²) in [6, 6.07) is 1.60. The fraction of sp³-hybridized carbons (Fsp3) is 0.643. The third kappa shape index (κ3) is 4.49. The monoisotopic (exact) mass is 311 g/mol. The smallest absolute Gasteiger partial charge is 0.410 e. The predicted octanol–water partition coefficient (Wildman–Crippen LogP) is 1.98. The van der Waals surface area contributed by atoms with Gasteiger partial charge in [-0.3, -0.25) is 4.21 Å². The van der Waals surface area contributed by atoms with Crippen LogP contribution in [0.2, 0.25) is 0 Å². The van der Waals surface area contributed by atoms with Gasteiger partial charge in [0, 0.05) is 25.0 Å². The van der Waals surface area contributed by atoms with Crippen LogP contribution in [0.5, 0.6) is 0 Å². The summed E-state index contributed by atoms with van der Waals surface area (Å²) < 4.78 is 17.7. The first-order chi connectivity index (χ1) is 9.87. The number of amides is 1. The minimum absolute atomic E-state index is 0.0792. The number of likely N-dealkylation sites (tertiary alicyclic amines) is 1. The van der Waals surface area contributed by atoms with E-state index >= 15 is 0 Å². The SMILES string of the molecule is CC(C)(C)OC(=O)N1CCC[C@H]1C[S@@](=O)c1ncccn1. The molecule has 0 spiro atoms. The zero-order valence-electron chi connectivity index (χ0n) is 12.6. The molecule has 1 aromatic rings. The van der Waals surface area contributed by atoms with Gasteiger partial charge in [-0.2, -0.15) is 0 Å². The summed E-state index contributed by atoms with van der Waals surface area (Å²) in [6.07, 6.45) is 4.53. The van der Waals surface area contributed by atoms with E-state index in [2.05, 4.69) is 9.97 Å². The molecule has 2 atom stereocenters. The Morgan fingerprint density at radius 2 is 2.10 bits per heavy atom. The van der Waals surface area contributed by atoms with Gasteiger partial charge in [0.15, 0.2) is 0 Å². The summed E-state index contributed by atoms with van der Waals surface area (Å²) in [7, 11) is -1.31. The highest BCUT2D eigenvalue weighted by molar-refractivity contribution is 7.84. The van der Waals surface area contributed by atoms with Crippen molar-refractivity contribution in [3.63, 3.8) is 0 Å². The van der Waals surface area contributed by atoms with E-state index in [1.54, 1.807) is 23.4 Å². The highest BCUT2D eigenvalue weighted by Gasteiger charge is 2.33. The van der Waals surface area contributed by atoms with E-state index in [1.807, 2.05) is 20.8 Å². The van der Waals surface area contributed by atoms with Crippen LogP contribution in [-0.2, 0) is 15.5 Å². The lowest BCUT2D eigenvalue weighted by atomic mass is 10.2. The van der Waals surface area contributed by atoms with Crippen LogP contribution in [0.4, 0.5) is 4.79 Å². The average molecular weight is 311 g/mol. The van der Waals surface area contributed by atoms with Gasteiger partial charge in [-0.15, -0.1) is 0 Å². The Morgan fingerprint density at radius 3 is 2.71 bits per heavy atom. The quantitative estimate of drug-likeness (QED) is 0.798. The summed E-state index contributed by atoms with van der Waals surface area (Å²) >= 11 is 0. The maximum absolute atomic E-state index is 12.3. The number of ether oxygens (including phenoxy) is 1. The Labute approximate surface area is 127 Å². The molecule has 0 unspecified atom stereocenters.